The average Bonchev–Trinajstić information content (AvgIpc) is 3.37. The zero-order valence-electron chi connectivity index (χ0n) is 20.7. The van der Waals surface area contributed by atoms with Crippen LogP contribution >= 0.6 is 23.4 Å². The Balaban J connectivity index is 1.39. The Hall–Kier alpha value is -3.29. The van der Waals surface area contributed by atoms with Crippen LogP contribution in [-0.2, 0) is 4.79 Å². The molecule has 1 aliphatic rings. The number of carbonyl (C=O) groups is 1. The van der Waals surface area contributed by atoms with E-state index in [2.05, 4.69) is 10.2 Å². The maximum absolute atomic E-state index is 13.0. The van der Waals surface area contributed by atoms with Crippen molar-refractivity contribution in [1.29, 1.82) is 0 Å². The summed E-state index contributed by atoms with van der Waals surface area (Å²) >= 11 is 7.53. The van der Waals surface area contributed by atoms with Crippen LogP contribution in [0.25, 0.3) is 17.1 Å². The Morgan fingerprint density at radius 2 is 1.62 bits per heavy atom. The zero-order valence-corrected chi connectivity index (χ0v) is 22.3. The lowest BCUT2D eigenvalue weighted by atomic mass is 9.94. The first-order valence-corrected chi connectivity index (χ1v) is 13.9. The minimum Gasteiger partial charge on any atom is -0.457 e. The van der Waals surface area contributed by atoms with Crippen LogP contribution in [0.3, 0.4) is 0 Å². The number of rotatable bonds is 8. The predicted molar refractivity (Wildman–Crippen MR) is 149 cm³/mol. The molecule has 37 heavy (non-hydrogen) atoms. The Labute approximate surface area is 226 Å². The lowest BCUT2D eigenvalue weighted by molar-refractivity contribution is -0.129. The molecule has 0 atom stereocenters. The van der Waals surface area contributed by atoms with E-state index in [0.717, 1.165) is 35.6 Å². The van der Waals surface area contributed by atoms with Gasteiger partial charge in [-0.25, -0.2) is 0 Å². The molecule has 0 saturated heterocycles. The van der Waals surface area contributed by atoms with Crippen LogP contribution in [0.4, 0.5) is 0 Å². The van der Waals surface area contributed by atoms with E-state index in [-0.39, 0.29) is 5.91 Å². The highest BCUT2D eigenvalue weighted by atomic mass is 35.5. The van der Waals surface area contributed by atoms with Crippen LogP contribution in [0.15, 0.2) is 84.0 Å². The van der Waals surface area contributed by atoms with Gasteiger partial charge >= 0.3 is 0 Å². The largest absolute Gasteiger partial charge is 0.457 e. The van der Waals surface area contributed by atoms with E-state index in [1.807, 2.05) is 95.4 Å². The molecular formula is C29H29ClN4O2S. The van der Waals surface area contributed by atoms with Crippen molar-refractivity contribution < 1.29 is 9.53 Å². The molecule has 5 rings (SSSR count). The lowest BCUT2D eigenvalue weighted by Gasteiger charge is -2.31. The second-order valence-electron chi connectivity index (χ2n) is 9.14. The molecule has 0 spiro atoms. The summed E-state index contributed by atoms with van der Waals surface area (Å²) in [6.45, 7) is 0. The summed E-state index contributed by atoms with van der Waals surface area (Å²) < 4.78 is 7.94. The first-order valence-electron chi connectivity index (χ1n) is 12.5. The van der Waals surface area contributed by atoms with E-state index in [0.29, 0.717) is 27.8 Å². The van der Waals surface area contributed by atoms with Gasteiger partial charge in [-0.3, -0.25) is 9.36 Å². The molecule has 1 aliphatic carbocycles. The molecule has 190 valence electrons. The number of thioether (sulfide) groups is 1. The van der Waals surface area contributed by atoms with Gasteiger partial charge in [0.2, 0.25) is 5.91 Å². The van der Waals surface area contributed by atoms with Gasteiger partial charge in [0.1, 0.15) is 11.5 Å². The van der Waals surface area contributed by atoms with Crippen LogP contribution in [0.5, 0.6) is 11.5 Å². The molecule has 6 nitrogen and oxygen atoms in total. The number of amides is 1. The number of carbonyl (C=O) groups excluding carboxylic acids is 1. The summed E-state index contributed by atoms with van der Waals surface area (Å²) in [4.78, 5) is 14.9. The molecule has 1 fully saturated rings. The van der Waals surface area contributed by atoms with Crippen LogP contribution in [0.1, 0.15) is 32.1 Å². The highest BCUT2D eigenvalue weighted by Gasteiger charge is 2.23. The van der Waals surface area contributed by atoms with Gasteiger partial charge in [0.05, 0.1) is 5.75 Å². The van der Waals surface area contributed by atoms with Crippen molar-refractivity contribution in [2.75, 3.05) is 12.8 Å². The summed E-state index contributed by atoms with van der Waals surface area (Å²) in [5, 5.41) is 10.3. The highest BCUT2D eigenvalue weighted by molar-refractivity contribution is 7.99. The van der Waals surface area contributed by atoms with Crippen molar-refractivity contribution in [3.05, 3.63) is 83.9 Å². The van der Waals surface area contributed by atoms with Crippen LogP contribution < -0.4 is 4.74 Å². The number of benzene rings is 3. The van der Waals surface area contributed by atoms with Crippen molar-refractivity contribution in [2.24, 2.45) is 0 Å². The average molecular weight is 533 g/mol. The van der Waals surface area contributed by atoms with Gasteiger partial charge in [0.25, 0.3) is 0 Å². The van der Waals surface area contributed by atoms with E-state index in [4.69, 9.17) is 16.3 Å². The second kappa shape index (κ2) is 11.8. The minimum absolute atomic E-state index is 0.117. The zero-order chi connectivity index (χ0) is 25.6. The molecule has 8 heteroatoms. The topological polar surface area (TPSA) is 60.2 Å². The summed E-state index contributed by atoms with van der Waals surface area (Å²) in [5.74, 6) is 2.61. The fourth-order valence-corrected chi connectivity index (χ4v) is 5.57. The van der Waals surface area contributed by atoms with E-state index in [9.17, 15) is 4.79 Å². The van der Waals surface area contributed by atoms with E-state index >= 15 is 0 Å². The number of nitrogens with zero attached hydrogens (tertiary/aromatic N) is 4. The number of para-hydroxylation sites is 1. The predicted octanol–water partition coefficient (Wildman–Crippen LogP) is 7.26. The first kappa shape index (κ1) is 25.4. The van der Waals surface area contributed by atoms with Gasteiger partial charge in [-0.1, -0.05) is 60.8 Å². The molecule has 0 N–H and O–H groups in total. The molecule has 1 amide bonds. The van der Waals surface area contributed by atoms with Gasteiger partial charge in [0, 0.05) is 29.4 Å². The smallest absolute Gasteiger partial charge is 0.233 e. The second-order valence-corrected chi connectivity index (χ2v) is 10.5. The third-order valence-electron chi connectivity index (χ3n) is 6.65. The van der Waals surface area contributed by atoms with Crippen molar-refractivity contribution in [1.82, 2.24) is 19.7 Å². The van der Waals surface area contributed by atoms with Crippen molar-refractivity contribution >= 4 is 29.3 Å². The first-order chi connectivity index (χ1) is 18.1. The fraction of sp³-hybridized carbons (Fsp3) is 0.276. The summed E-state index contributed by atoms with van der Waals surface area (Å²) in [5.41, 5.74) is 1.77. The number of aromatic nitrogens is 3. The van der Waals surface area contributed by atoms with Gasteiger partial charge in [-0.05, 0) is 73.5 Å². The summed E-state index contributed by atoms with van der Waals surface area (Å²) in [6.07, 6.45) is 5.82. The van der Waals surface area contributed by atoms with E-state index < -0.39 is 0 Å². The van der Waals surface area contributed by atoms with Gasteiger partial charge in [-0.15, -0.1) is 10.2 Å². The third kappa shape index (κ3) is 6.17. The maximum atomic E-state index is 13.0. The molecule has 1 aromatic heterocycles. The standard InChI is InChI=1S/C29H29ClN4O2S/c1-33(23-8-4-2-5-9-23)27(35)20-37-29-32-31-28(21-12-14-22(30)15-13-21)34(29)24-16-18-26(19-17-24)36-25-10-6-3-7-11-25/h3,6-7,10-19,23H,2,4-5,8-9,20H2,1H3. The third-order valence-corrected chi connectivity index (χ3v) is 7.82. The number of hydrogen-bond donors (Lipinski definition) is 0. The van der Waals surface area contributed by atoms with Gasteiger partial charge in [0.15, 0.2) is 11.0 Å². The minimum atomic E-state index is 0.117. The normalized spacial score (nSPS) is 13.9. The van der Waals surface area contributed by atoms with Crippen LogP contribution in [-0.4, -0.2) is 44.4 Å². The molecular weight excluding hydrogens is 504 g/mol. The van der Waals surface area contributed by atoms with Crippen molar-refractivity contribution in [3.8, 4) is 28.6 Å². The maximum Gasteiger partial charge on any atom is 0.233 e. The van der Waals surface area contributed by atoms with Crippen molar-refractivity contribution in [2.45, 2.75) is 43.3 Å². The molecule has 1 saturated carbocycles. The lowest BCUT2D eigenvalue weighted by Crippen LogP contribution is -2.39. The molecule has 1 heterocycles. The molecule has 4 aromatic rings. The number of hydrogen-bond acceptors (Lipinski definition) is 5. The highest BCUT2D eigenvalue weighted by Crippen LogP contribution is 2.31. The van der Waals surface area contributed by atoms with Crippen LogP contribution in [0, 0.1) is 0 Å². The quantitative estimate of drug-likeness (QED) is 0.223. The fourth-order valence-electron chi connectivity index (χ4n) is 4.57. The monoisotopic (exact) mass is 532 g/mol. The number of ether oxygens (including phenoxy) is 1. The van der Waals surface area contributed by atoms with Gasteiger partial charge in [-0.2, -0.15) is 0 Å². The van der Waals surface area contributed by atoms with Crippen molar-refractivity contribution in [3.63, 3.8) is 0 Å². The molecule has 0 radical (unpaired) electrons. The molecule has 0 unspecified atom stereocenters. The molecule has 3 aromatic carbocycles. The Morgan fingerprint density at radius 3 is 2.32 bits per heavy atom. The number of halogens is 1. The molecule has 0 aliphatic heterocycles. The Bertz CT molecular complexity index is 1320. The Morgan fingerprint density at radius 1 is 0.946 bits per heavy atom. The van der Waals surface area contributed by atoms with E-state index in [1.54, 1.807) is 0 Å². The SMILES string of the molecule is CN(C(=O)CSc1nnc(-c2ccc(Cl)cc2)n1-c1ccc(Oc2ccccc2)cc1)C1CCCCC1. The summed E-state index contributed by atoms with van der Waals surface area (Å²) in [6, 6.07) is 25.3. The summed E-state index contributed by atoms with van der Waals surface area (Å²) in [7, 11) is 1.92. The Kier molecular flexibility index (Phi) is 8.12. The van der Waals surface area contributed by atoms with Crippen LogP contribution in [0.2, 0.25) is 5.02 Å². The van der Waals surface area contributed by atoms with E-state index in [1.165, 1.54) is 31.0 Å². The molecule has 0 bridgehead atoms. The van der Waals surface area contributed by atoms with Gasteiger partial charge < -0.3 is 9.64 Å².